The lowest BCUT2D eigenvalue weighted by molar-refractivity contribution is 0.0761. The lowest BCUT2D eigenvalue weighted by Gasteiger charge is -2.06. The number of nitrogens with one attached hydrogen (secondary N) is 1. The lowest BCUT2D eigenvalue weighted by Crippen LogP contribution is -2.05. The van der Waals surface area contributed by atoms with Gasteiger partial charge in [0, 0.05) is 18.0 Å². The topological polar surface area (TPSA) is 34.1 Å². The van der Waals surface area contributed by atoms with Crippen LogP contribution in [0.4, 0.5) is 0 Å². The molecule has 0 saturated carbocycles. The first-order valence-corrected chi connectivity index (χ1v) is 6.79. The highest BCUT2D eigenvalue weighted by atomic mass is 32.1. The Bertz CT molecular complexity index is 288. The first-order chi connectivity index (χ1) is 7.72. The summed E-state index contributed by atoms with van der Waals surface area (Å²) in [6.45, 7) is 7.93. The molecule has 92 valence electrons. The van der Waals surface area contributed by atoms with E-state index in [1.54, 1.807) is 11.3 Å². The first kappa shape index (κ1) is 13.6. The summed E-state index contributed by atoms with van der Waals surface area (Å²) >= 11 is 1.77. The van der Waals surface area contributed by atoms with Crippen molar-refractivity contribution >= 4 is 11.3 Å². The van der Waals surface area contributed by atoms with Gasteiger partial charge >= 0.3 is 0 Å². The fourth-order valence-corrected chi connectivity index (χ4v) is 2.75. The lowest BCUT2D eigenvalue weighted by atomic mass is 10.2. The van der Waals surface area contributed by atoms with E-state index in [1.165, 1.54) is 10.6 Å². The molecule has 1 unspecified atom stereocenters. The van der Waals surface area contributed by atoms with Crippen molar-refractivity contribution in [1.82, 2.24) is 10.3 Å². The average molecular weight is 242 g/mol. The van der Waals surface area contributed by atoms with Crippen LogP contribution in [0.2, 0.25) is 0 Å². The normalized spacial score (nSPS) is 13.0. The molecular weight excluding hydrogens is 220 g/mol. The molecule has 0 aliphatic rings. The third-order valence-corrected chi connectivity index (χ3v) is 3.64. The van der Waals surface area contributed by atoms with Gasteiger partial charge in [0.1, 0.15) is 11.1 Å². The maximum Gasteiger partial charge on any atom is 0.122 e. The number of rotatable bonds is 7. The molecule has 0 saturated heterocycles. The van der Waals surface area contributed by atoms with Gasteiger partial charge in [-0.05, 0) is 27.3 Å². The van der Waals surface area contributed by atoms with E-state index in [2.05, 4.69) is 19.2 Å². The van der Waals surface area contributed by atoms with E-state index in [9.17, 15) is 0 Å². The summed E-state index contributed by atoms with van der Waals surface area (Å²) in [5.41, 5.74) is 1.24. The third kappa shape index (κ3) is 3.54. The Kier molecular flexibility index (Phi) is 5.95. The maximum absolute atomic E-state index is 5.58. The second-order valence-electron chi connectivity index (χ2n) is 3.80. The van der Waals surface area contributed by atoms with Crippen molar-refractivity contribution in [2.24, 2.45) is 0 Å². The van der Waals surface area contributed by atoms with Gasteiger partial charge in [0.25, 0.3) is 0 Å². The van der Waals surface area contributed by atoms with Crippen LogP contribution in [0, 0.1) is 0 Å². The minimum Gasteiger partial charge on any atom is -0.372 e. The number of hydrogen-bond acceptors (Lipinski definition) is 4. The van der Waals surface area contributed by atoms with Crippen LogP contribution >= 0.6 is 11.3 Å². The van der Waals surface area contributed by atoms with Crippen molar-refractivity contribution in [2.45, 2.75) is 46.3 Å². The molecule has 3 nitrogen and oxygen atoms in total. The second kappa shape index (κ2) is 6.99. The van der Waals surface area contributed by atoms with Crippen LogP contribution in [-0.4, -0.2) is 18.6 Å². The Hall–Kier alpha value is -0.450. The molecule has 0 fully saturated rings. The van der Waals surface area contributed by atoms with Crippen molar-refractivity contribution in [3.8, 4) is 0 Å². The van der Waals surface area contributed by atoms with E-state index >= 15 is 0 Å². The predicted molar refractivity (Wildman–Crippen MR) is 68.9 cm³/mol. The van der Waals surface area contributed by atoms with Crippen LogP contribution in [0.25, 0.3) is 0 Å². The van der Waals surface area contributed by atoms with Crippen molar-refractivity contribution < 1.29 is 4.74 Å². The molecule has 0 aromatic carbocycles. The molecule has 1 aromatic rings. The zero-order valence-electron chi connectivity index (χ0n) is 10.7. The summed E-state index contributed by atoms with van der Waals surface area (Å²) in [4.78, 5) is 6.04. The molecule has 0 spiro atoms. The predicted octanol–water partition coefficient (Wildman–Crippen LogP) is 2.91. The van der Waals surface area contributed by atoms with Gasteiger partial charge < -0.3 is 10.1 Å². The van der Waals surface area contributed by atoms with Crippen LogP contribution in [0.3, 0.4) is 0 Å². The Morgan fingerprint density at radius 3 is 2.75 bits per heavy atom. The van der Waals surface area contributed by atoms with Crippen LogP contribution in [0.5, 0.6) is 0 Å². The minimum atomic E-state index is 0.121. The zero-order valence-corrected chi connectivity index (χ0v) is 11.5. The van der Waals surface area contributed by atoms with E-state index in [0.29, 0.717) is 0 Å². The first-order valence-electron chi connectivity index (χ1n) is 5.97. The van der Waals surface area contributed by atoms with Crippen molar-refractivity contribution in [2.75, 3.05) is 13.7 Å². The van der Waals surface area contributed by atoms with E-state index < -0.39 is 0 Å². The van der Waals surface area contributed by atoms with Gasteiger partial charge in [0.05, 0.1) is 5.69 Å². The Morgan fingerprint density at radius 1 is 1.44 bits per heavy atom. The molecule has 0 aliphatic heterocycles. The molecule has 0 amide bonds. The standard InChI is InChI=1S/C12H22N2OS/c1-5-7-10-11(8-13-4)16-12(14-10)9(3)15-6-2/h9,13H,5-8H2,1-4H3. The highest BCUT2D eigenvalue weighted by Crippen LogP contribution is 2.26. The van der Waals surface area contributed by atoms with Gasteiger partial charge in [-0.2, -0.15) is 0 Å². The Balaban J connectivity index is 2.82. The Morgan fingerprint density at radius 2 is 2.19 bits per heavy atom. The van der Waals surface area contributed by atoms with Gasteiger partial charge in [0.15, 0.2) is 0 Å². The van der Waals surface area contributed by atoms with Gasteiger partial charge in [0.2, 0.25) is 0 Å². The third-order valence-electron chi connectivity index (χ3n) is 2.38. The number of aryl methyl sites for hydroxylation is 1. The number of aromatic nitrogens is 1. The molecule has 1 heterocycles. The molecule has 0 aliphatic carbocycles. The van der Waals surface area contributed by atoms with Crippen molar-refractivity contribution in [1.29, 1.82) is 0 Å². The Labute approximate surface area is 102 Å². The maximum atomic E-state index is 5.58. The highest BCUT2D eigenvalue weighted by Gasteiger charge is 2.14. The molecule has 16 heavy (non-hydrogen) atoms. The molecular formula is C12H22N2OS. The number of thiazole rings is 1. The van der Waals surface area contributed by atoms with Crippen molar-refractivity contribution in [3.63, 3.8) is 0 Å². The molecule has 0 radical (unpaired) electrons. The fourth-order valence-electron chi connectivity index (χ4n) is 1.63. The van der Waals surface area contributed by atoms with Gasteiger partial charge in [-0.1, -0.05) is 13.3 Å². The summed E-state index contributed by atoms with van der Waals surface area (Å²) in [7, 11) is 1.97. The van der Waals surface area contributed by atoms with E-state index in [0.717, 1.165) is 31.0 Å². The van der Waals surface area contributed by atoms with Gasteiger partial charge in [-0.3, -0.25) is 0 Å². The summed E-state index contributed by atoms with van der Waals surface area (Å²) in [6.07, 6.45) is 2.33. The smallest absolute Gasteiger partial charge is 0.122 e. The minimum absolute atomic E-state index is 0.121. The van der Waals surface area contributed by atoms with E-state index in [4.69, 9.17) is 9.72 Å². The highest BCUT2D eigenvalue weighted by molar-refractivity contribution is 7.11. The molecule has 1 aromatic heterocycles. The summed E-state index contributed by atoms with van der Waals surface area (Å²) < 4.78 is 5.58. The van der Waals surface area contributed by atoms with Gasteiger partial charge in [-0.25, -0.2) is 4.98 Å². The number of nitrogens with zero attached hydrogens (tertiary/aromatic N) is 1. The van der Waals surface area contributed by atoms with Crippen LogP contribution in [0.1, 0.15) is 48.9 Å². The zero-order chi connectivity index (χ0) is 12.0. The largest absolute Gasteiger partial charge is 0.372 e. The molecule has 0 bridgehead atoms. The van der Waals surface area contributed by atoms with Crippen LogP contribution < -0.4 is 5.32 Å². The quantitative estimate of drug-likeness (QED) is 0.798. The summed E-state index contributed by atoms with van der Waals surface area (Å²) in [5.74, 6) is 0. The van der Waals surface area contributed by atoms with E-state index in [1.807, 2.05) is 14.0 Å². The van der Waals surface area contributed by atoms with E-state index in [-0.39, 0.29) is 6.10 Å². The fraction of sp³-hybridized carbons (Fsp3) is 0.750. The monoisotopic (exact) mass is 242 g/mol. The van der Waals surface area contributed by atoms with Crippen LogP contribution in [-0.2, 0) is 17.7 Å². The average Bonchev–Trinajstić information content (AvgIpc) is 2.64. The SMILES string of the molecule is CCCc1nc(C(C)OCC)sc1CNC. The number of ether oxygens (including phenoxy) is 1. The number of hydrogen-bond donors (Lipinski definition) is 1. The molecule has 1 rings (SSSR count). The van der Waals surface area contributed by atoms with Crippen LogP contribution in [0.15, 0.2) is 0 Å². The second-order valence-corrected chi connectivity index (χ2v) is 4.92. The summed E-state index contributed by atoms with van der Waals surface area (Å²) in [6, 6.07) is 0. The molecule has 1 atom stereocenters. The summed E-state index contributed by atoms with van der Waals surface area (Å²) in [5, 5.41) is 4.30. The molecule has 1 N–H and O–H groups in total. The molecule has 4 heteroatoms. The van der Waals surface area contributed by atoms with Crippen molar-refractivity contribution in [3.05, 3.63) is 15.6 Å². The van der Waals surface area contributed by atoms with Gasteiger partial charge in [-0.15, -0.1) is 11.3 Å².